The highest BCUT2D eigenvalue weighted by Gasteiger charge is 2.34. The molecule has 0 radical (unpaired) electrons. The molecule has 2 N–H and O–H groups in total. The molecular formula is C20H30N2O3. The maximum absolute atomic E-state index is 12.6. The topological polar surface area (TPSA) is 61.8 Å². The zero-order chi connectivity index (χ0) is 17.7. The standard InChI is InChI=1S/C20H30N2O3/c1-2-20(15-23)11-13-22(14-12-20)19(24)21-17-9-5-6-10-18(17)25-16-7-3-4-8-16/h5-6,9-10,16,23H,2-4,7-8,11-15H2,1H3,(H,21,24). The summed E-state index contributed by atoms with van der Waals surface area (Å²) in [6.07, 6.45) is 7.55. The number of rotatable bonds is 5. The molecule has 1 aliphatic carbocycles. The van der Waals surface area contributed by atoms with Crippen LogP contribution in [0.15, 0.2) is 24.3 Å². The van der Waals surface area contributed by atoms with E-state index in [-0.39, 0.29) is 24.2 Å². The molecule has 1 aromatic rings. The quantitative estimate of drug-likeness (QED) is 0.846. The molecule has 3 rings (SSSR count). The van der Waals surface area contributed by atoms with Gasteiger partial charge in [0.15, 0.2) is 0 Å². The Morgan fingerprint density at radius 1 is 1.28 bits per heavy atom. The number of hydrogen-bond donors (Lipinski definition) is 2. The molecule has 0 atom stereocenters. The third kappa shape index (κ3) is 4.27. The molecular weight excluding hydrogens is 316 g/mol. The molecule has 1 aromatic carbocycles. The molecule has 1 heterocycles. The number of aliphatic hydroxyl groups is 1. The molecule has 2 fully saturated rings. The number of benzene rings is 1. The smallest absolute Gasteiger partial charge is 0.321 e. The van der Waals surface area contributed by atoms with Crippen LogP contribution in [0.5, 0.6) is 5.75 Å². The van der Waals surface area contributed by atoms with Gasteiger partial charge in [0.1, 0.15) is 5.75 Å². The van der Waals surface area contributed by atoms with Crippen molar-refractivity contribution in [2.45, 2.75) is 58.0 Å². The second-order valence-electron chi connectivity index (χ2n) is 7.45. The molecule has 5 heteroatoms. The second kappa shape index (κ2) is 8.09. The number of nitrogens with zero attached hydrogens (tertiary/aromatic N) is 1. The van der Waals surface area contributed by atoms with Gasteiger partial charge < -0.3 is 20.1 Å². The number of urea groups is 1. The molecule has 1 saturated carbocycles. The molecule has 0 aromatic heterocycles. The van der Waals surface area contributed by atoms with Crippen LogP contribution < -0.4 is 10.1 Å². The minimum absolute atomic E-state index is 0.0136. The molecule has 1 saturated heterocycles. The van der Waals surface area contributed by atoms with Gasteiger partial charge in [-0.2, -0.15) is 0 Å². The fraction of sp³-hybridized carbons (Fsp3) is 0.650. The Morgan fingerprint density at radius 2 is 1.96 bits per heavy atom. The fourth-order valence-corrected chi connectivity index (χ4v) is 3.86. The van der Waals surface area contributed by atoms with E-state index in [0.717, 1.165) is 43.5 Å². The van der Waals surface area contributed by atoms with Crippen molar-refractivity contribution in [1.82, 2.24) is 4.90 Å². The van der Waals surface area contributed by atoms with Gasteiger partial charge in [0, 0.05) is 19.7 Å². The van der Waals surface area contributed by atoms with Crippen LogP contribution in [0.2, 0.25) is 0 Å². The average Bonchev–Trinajstić information content (AvgIpc) is 3.16. The number of carbonyl (C=O) groups excluding carboxylic acids is 1. The lowest BCUT2D eigenvalue weighted by Crippen LogP contribution is -2.46. The Labute approximate surface area is 150 Å². The number of carbonyl (C=O) groups is 1. The van der Waals surface area contributed by atoms with Gasteiger partial charge in [-0.3, -0.25) is 0 Å². The van der Waals surface area contributed by atoms with Crippen LogP contribution in [-0.4, -0.2) is 41.8 Å². The summed E-state index contributed by atoms with van der Waals surface area (Å²) in [6.45, 7) is 3.69. The van der Waals surface area contributed by atoms with Crippen LogP contribution in [0.3, 0.4) is 0 Å². The van der Waals surface area contributed by atoms with Crippen molar-refractivity contribution in [3.05, 3.63) is 24.3 Å². The summed E-state index contributed by atoms with van der Waals surface area (Å²) in [6, 6.07) is 7.61. The first-order chi connectivity index (χ1) is 12.2. The number of piperidine rings is 1. The highest BCUT2D eigenvalue weighted by molar-refractivity contribution is 5.91. The van der Waals surface area contributed by atoms with Crippen molar-refractivity contribution in [2.24, 2.45) is 5.41 Å². The maximum Gasteiger partial charge on any atom is 0.321 e. The summed E-state index contributed by atoms with van der Waals surface area (Å²) in [4.78, 5) is 14.5. The van der Waals surface area contributed by atoms with Crippen molar-refractivity contribution in [3.8, 4) is 5.75 Å². The molecule has 2 aliphatic rings. The van der Waals surface area contributed by atoms with Crippen LogP contribution in [-0.2, 0) is 0 Å². The number of amides is 2. The molecule has 1 aliphatic heterocycles. The number of likely N-dealkylation sites (tertiary alicyclic amines) is 1. The first-order valence-corrected chi connectivity index (χ1v) is 9.58. The lowest BCUT2D eigenvalue weighted by Gasteiger charge is -2.40. The van der Waals surface area contributed by atoms with Gasteiger partial charge in [-0.1, -0.05) is 19.1 Å². The van der Waals surface area contributed by atoms with E-state index in [9.17, 15) is 9.90 Å². The summed E-state index contributed by atoms with van der Waals surface area (Å²) < 4.78 is 6.10. The Hall–Kier alpha value is -1.75. The van der Waals surface area contributed by atoms with Gasteiger partial charge in [0.2, 0.25) is 0 Å². The van der Waals surface area contributed by atoms with Gasteiger partial charge in [-0.25, -0.2) is 4.79 Å². The number of aliphatic hydroxyl groups excluding tert-OH is 1. The van der Waals surface area contributed by atoms with Crippen LogP contribution >= 0.6 is 0 Å². The van der Waals surface area contributed by atoms with Crippen molar-refractivity contribution in [1.29, 1.82) is 0 Å². The Balaban J connectivity index is 1.60. The summed E-state index contributed by atoms with van der Waals surface area (Å²) in [5.74, 6) is 0.762. The first kappa shape index (κ1) is 18.1. The second-order valence-corrected chi connectivity index (χ2v) is 7.45. The predicted molar refractivity (Wildman–Crippen MR) is 99.0 cm³/mol. The summed E-state index contributed by atoms with van der Waals surface area (Å²) in [5, 5.41) is 12.7. The van der Waals surface area contributed by atoms with E-state index in [2.05, 4.69) is 12.2 Å². The molecule has 0 unspecified atom stereocenters. The van der Waals surface area contributed by atoms with E-state index in [1.54, 1.807) is 0 Å². The minimum atomic E-state index is -0.0786. The number of ether oxygens (including phenoxy) is 1. The van der Waals surface area contributed by atoms with E-state index < -0.39 is 0 Å². The third-order valence-corrected chi connectivity index (χ3v) is 5.92. The SMILES string of the molecule is CCC1(CO)CCN(C(=O)Nc2ccccc2OC2CCCC2)CC1. The summed E-state index contributed by atoms with van der Waals surface area (Å²) in [5.41, 5.74) is 0.731. The Bertz CT molecular complexity index is 570. The van der Waals surface area contributed by atoms with Gasteiger partial charge in [0.05, 0.1) is 11.8 Å². The van der Waals surface area contributed by atoms with Gasteiger partial charge >= 0.3 is 6.03 Å². The predicted octanol–water partition coefficient (Wildman–Crippen LogP) is 4.02. The molecule has 0 bridgehead atoms. The normalized spacial score (nSPS) is 20.5. The van der Waals surface area contributed by atoms with E-state index >= 15 is 0 Å². The summed E-state index contributed by atoms with van der Waals surface area (Å²) >= 11 is 0. The Kier molecular flexibility index (Phi) is 5.84. The lowest BCUT2D eigenvalue weighted by atomic mass is 9.77. The monoisotopic (exact) mass is 346 g/mol. The first-order valence-electron chi connectivity index (χ1n) is 9.58. The number of hydrogen-bond acceptors (Lipinski definition) is 3. The number of para-hydroxylation sites is 2. The third-order valence-electron chi connectivity index (χ3n) is 5.92. The number of nitrogens with one attached hydrogen (secondary N) is 1. The zero-order valence-electron chi connectivity index (χ0n) is 15.2. The van der Waals surface area contributed by atoms with Crippen molar-refractivity contribution >= 4 is 11.7 Å². The van der Waals surface area contributed by atoms with E-state index in [1.807, 2.05) is 29.2 Å². The Morgan fingerprint density at radius 3 is 2.60 bits per heavy atom. The molecule has 2 amide bonds. The molecule has 5 nitrogen and oxygen atoms in total. The van der Waals surface area contributed by atoms with Gasteiger partial charge in [0.25, 0.3) is 0 Å². The van der Waals surface area contributed by atoms with Crippen molar-refractivity contribution in [2.75, 3.05) is 25.0 Å². The van der Waals surface area contributed by atoms with Crippen molar-refractivity contribution in [3.63, 3.8) is 0 Å². The van der Waals surface area contributed by atoms with Crippen LogP contribution in [0.1, 0.15) is 51.9 Å². The molecule has 25 heavy (non-hydrogen) atoms. The largest absolute Gasteiger partial charge is 0.488 e. The summed E-state index contributed by atoms with van der Waals surface area (Å²) in [7, 11) is 0. The fourth-order valence-electron chi connectivity index (χ4n) is 3.86. The maximum atomic E-state index is 12.6. The molecule has 0 spiro atoms. The van der Waals surface area contributed by atoms with E-state index in [4.69, 9.17) is 4.74 Å². The highest BCUT2D eigenvalue weighted by Crippen LogP contribution is 2.35. The van der Waals surface area contributed by atoms with Crippen LogP contribution in [0, 0.1) is 5.41 Å². The number of anilines is 1. The van der Waals surface area contributed by atoms with E-state index in [0.29, 0.717) is 13.1 Å². The lowest BCUT2D eigenvalue weighted by molar-refractivity contribution is 0.0542. The van der Waals surface area contributed by atoms with Crippen molar-refractivity contribution < 1.29 is 14.6 Å². The van der Waals surface area contributed by atoms with Crippen LogP contribution in [0.4, 0.5) is 10.5 Å². The zero-order valence-corrected chi connectivity index (χ0v) is 15.2. The van der Waals surface area contributed by atoms with E-state index in [1.165, 1.54) is 12.8 Å². The molecule has 138 valence electrons. The van der Waals surface area contributed by atoms with Crippen LogP contribution in [0.25, 0.3) is 0 Å². The van der Waals surface area contributed by atoms with Gasteiger partial charge in [-0.05, 0) is 62.5 Å². The average molecular weight is 346 g/mol. The highest BCUT2D eigenvalue weighted by atomic mass is 16.5. The van der Waals surface area contributed by atoms with Gasteiger partial charge in [-0.15, -0.1) is 0 Å². The minimum Gasteiger partial charge on any atom is -0.488 e.